The molecule has 3 heteroatoms. The van der Waals surface area contributed by atoms with Gasteiger partial charge in [0.05, 0.1) is 6.61 Å². The van der Waals surface area contributed by atoms with Gasteiger partial charge in [0.1, 0.15) is 0 Å². The van der Waals surface area contributed by atoms with Crippen molar-refractivity contribution in [2.24, 2.45) is 5.92 Å². The average Bonchev–Trinajstić information content (AvgIpc) is 2.48. The van der Waals surface area contributed by atoms with Crippen LogP contribution in [0, 0.1) is 5.92 Å². The van der Waals surface area contributed by atoms with Crippen LogP contribution in [-0.2, 0) is 11.3 Å². The highest BCUT2D eigenvalue weighted by atomic mass is 79.9. The number of halogens is 1. The molecule has 1 saturated carbocycles. The second kappa shape index (κ2) is 5.29. The molecule has 0 bridgehead atoms. The van der Waals surface area contributed by atoms with Crippen molar-refractivity contribution < 1.29 is 4.74 Å². The normalized spacial score (nSPS) is 16.9. The third kappa shape index (κ3) is 2.81. The Bertz CT molecular complexity index is 281. The van der Waals surface area contributed by atoms with Crippen molar-refractivity contribution in [3.05, 3.63) is 20.8 Å². The standard InChI is InChI=1S/C11H15BrOS/c12-10-5-7-14-11(10)8-13-6-4-9-2-1-3-9/h5,7,9H,1-4,6,8H2. The molecule has 0 atom stereocenters. The molecule has 1 heterocycles. The minimum atomic E-state index is 0.769. The van der Waals surface area contributed by atoms with Gasteiger partial charge in [-0.2, -0.15) is 0 Å². The first-order valence-corrected chi connectivity index (χ1v) is 6.83. The molecule has 0 radical (unpaired) electrons. The maximum Gasteiger partial charge on any atom is 0.0820 e. The van der Waals surface area contributed by atoms with Gasteiger partial charge in [-0.1, -0.05) is 19.3 Å². The fourth-order valence-corrected chi connectivity index (χ4v) is 3.03. The lowest BCUT2D eigenvalue weighted by atomic mass is 9.83. The minimum Gasteiger partial charge on any atom is -0.376 e. The van der Waals surface area contributed by atoms with E-state index in [1.54, 1.807) is 11.3 Å². The van der Waals surface area contributed by atoms with Crippen LogP contribution < -0.4 is 0 Å². The molecule has 1 nitrogen and oxygen atoms in total. The van der Waals surface area contributed by atoms with E-state index in [0.29, 0.717) is 0 Å². The molecule has 0 unspecified atom stereocenters. The SMILES string of the molecule is Brc1ccsc1COCCC1CCC1. The zero-order valence-electron chi connectivity index (χ0n) is 8.17. The number of hydrogen-bond acceptors (Lipinski definition) is 2. The molecule has 0 saturated heterocycles. The summed E-state index contributed by atoms with van der Waals surface area (Å²) in [6, 6.07) is 2.08. The Balaban J connectivity index is 1.60. The second-order valence-electron chi connectivity index (χ2n) is 3.83. The zero-order valence-corrected chi connectivity index (χ0v) is 10.6. The van der Waals surface area contributed by atoms with Crippen LogP contribution in [0.15, 0.2) is 15.9 Å². The molecular weight excluding hydrogens is 260 g/mol. The summed E-state index contributed by atoms with van der Waals surface area (Å²) >= 11 is 5.26. The molecule has 0 aromatic carbocycles. The Hall–Kier alpha value is 0.140. The van der Waals surface area contributed by atoms with Crippen molar-refractivity contribution in [1.82, 2.24) is 0 Å². The number of rotatable bonds is 5. The highest BCUT2D eigenvalue weighted by molar-refractivity contribution is 9.10. The molecule has 0 spiro atoms. The van der Waals surface area contributed by atoms with Gasteiger partial charge in [0, 0.05) is 16.0 Å². The van der Waals surface area contributed by atoms with Gasteiger partial charge in [0.25, 0.3) is 0 Å². The van der Waals surface area contributed by atoms with Gasteiger partial charge in [-0.3, -0.25) is 0 Å². The maximum atomic E-state index is 5.65. The van der Waals surface area contributed by atoms with Crippen LogP contribution in [-0.4, -0.2) is 6.61 Å². The van der Waals surface area contributed by atoms with E-state index >= 15 is 0 Å². The van der Waals surface area contributed by atoms with Crippen molar-refractivity contribution in [3.63, 3.8) is 0 Å². The first-order valence-electron chi connectivity index (χ1n) is 5.16. The Morgan fingerprint density at radius 3 is 2.93 bits per heavy atom. The van der Waals surface area contributed by atoms with Crippen molar-refractivity contribution in [1.29, 1.82) is 0 Å². The third-order valence-corrected chi connectivity index (χ3v) is 4.72. The molecule has 2 rings (SSSR count). The second-order valence-corrected chi connectivity index (χ2v) is 5.68. The summed E-state index contributed by atoms with van der Waals surface area (Å²) in [5.41, 5.74) is 0. The van der Waals surface area contributed by atoms with Crippen molar-refractivity contribution in [2.45, 2.75) is 32.3 Å². The van der Waals surface area contributed by atoms with Gasteiger partial charge in [0.2, 0.25) is 0 Å². The molecule has 1 fully saturated rings. The largest absolute Gasteiger partial charge is 0.376 e. The van der Waals surface area contributed by atoms with E-state index in [4.69, 9.17) is 4.74 Å². The van der Waals surface area contributed by atoms with Crippen LogP contribution in [0.5, 0.6) is 0 Å². The van der Waals surface area contributed by atoms with Gasteiger partial charge in [-0.05, 0) is 39.7 Å². The van der Waals surface area contributed by atoms with Crippen LogP contribution in [0.2, 0.25) is 0 Å². The molecule has 1 aliphatic rings. The topological polar surface area (TPSA) is 9.23 Å². The lowest BCUT2D eigenvalue weighted by Gasteiger charge is -2.24. The van der Waals surface area contributed by atoms with Crippen molar-refractivity contribution in [3.8, 4) is 0 Å². The number of thiophene rings is 1. The van der Waals surface area contributed by atoms with Gasteiger partial charge < -0.3 is 4.74 Å². The summed E-state index contributed by atoms with van der Waals surface area (Å²) in [6.45, 7) is 1.69. The summed E-state index contributed by atoms with van der Waals surface area (Å²) in [4.78, 5) is 1.30. The summed E-state index contributed by atoms with van der Waals surface area (Å²) in [5, 5.41) is 2.09. The fraction of sp³-hybridized carbons (Fsp3) is 0.636. The smallest absolute Gasteiger partial charge is 0.0820 e. The first-order chi connectivity index (χ1) is 6.86. The third-order valence-electron chi connectivity index (χ3n) is 2.82. The van der Waals surface area contributed by atoms with Gasteiger partial charge >= 0.3 is 0 Å². The molecule has 1 aliphatic carbocycles. The van der Waals surface area contributed by atoms with Gasteiger partial charge in [0.15, 0.2) is 0 Å². The molecule has 0 N–H and O–H groups in total. The van der Waals surface area contributed by atoms with E-state index in [9.17, 15) is 0 Å². The molecule has 14 heavy (non-hydrogen) atoms. The Morgan fingerprint density at radius 2 is 2.36 bits per heavy atom. The van der Waals surface area contributed by atoms with Crippen molar-refractivity contribution >= 4 is 27.3 Å². The molecule has 1 aromatic rings. The molecule has 0 amide bonds. The molecule has 1 aromatic heterocycles. The van der Waals surface area contributed by atoms with E-state index in [1.807, 2.05) is 0 Å². The Kier molecular flexibility index (Phi) is 4.02. The van der Waals surface area contributed by atoms with Crippen LogP contribution in [0.1, 0.15) is 30.6 Å². The molecule has 78 valence electrons. The van der Waals surface area contributed by atoms with E-state index in [2.05, 4.69) is 27.4 Å². The van der Waals surface area contributed by atoms with Gasteiger partial charge in [-0.15, -0.1) is 11.3 Å². The Morgan fingerprint density at radius 1 is 1.50 bits per heavy atom. The minimum absolute atomic E-state index is 0.769. The predicted octanol–water partition coefficient (Wildman–Crippen LogP) is 4.22. The number of hydrogen-bond donors (Lipinski definition) is 0. The summed E-state index contributed by atoms with van der Waals surface area (Å²) in [5.74, 6) is 0.960. The lowest BCUT2D eigenvalue weighted by molar-refractivity contribution is 0.0964. The summed E-state index contributed by atoms with van der Waals surface area (Å²) < 4.78 is 6.83. The maximum absolute atomic E-state index is 5.65. The zero-order chi connectivity index (χ0) is 9.80. The van der Waals surface area contributed by atoms with Crippen LogP contribution in [0.25, 0.3) is 0 Å². The molecule has 0 aliphatic heterocycles. The predicted molar refractivity (Wildman–Crippen MR) is 63.6 cm³/mol. The van der Waals surface area contributed by atoms with E-state index in [-0.39, 0.29) is 0 Å². The lowest BCUT2D eigenvalue weighted by Crippen LogP contribution is -2.13. The van der Waals surface area contributed by atoms with Crippen LogP contribution in [0.3, 0.4) is 0 Å². The van der Waals surface area contributed by atoms with Crippen LogP contribution >= 0.6 is 27.3 Å². The highest BCUT2D eigenvalue weighted by Gasteiger charge is 2.16. The monoisotopic (exact) mass is 274 g/mol. The first kappa shape index (κ1) is 10.7. The van der Waals surface area contributed by atoms with E-state index in [0.717, 1.165) is 19.1 Å². The average molecular weight is 275 g/mol. The fourth-order valence-electron chi connectivity index (χ4n) is 1.62. The Labute approximate surface area is 97.6 Å². The summed E-state index contributed by atoms with van der Waals surface area (Å²) in [6.07, 6.45) is 5.53. The molecular formula is C11H15BrOS. The van der Waals surface area contributed by atoms with E-state index < -0.39 is 0 Å². The summed E-state index contributed by atoms with van der Waals surface area (Å²) in [7, 11) is 0. The number of ether oxygens (including phenoxy) is 1. The van der Waals surface area contributed by atoms with Crippen molar-refractivity contribution in [2.75, 3.05) is 6.61 Å². The van der Waals surface area contributed by atoms with Gasteiger partial charge in [-0.25, -0.2) is 0 Å². The highest BCUT2D eigenvalue weighted by Crippen LogP contribution is 2.29. The van der Waals surface area contributed by atoms with E-state index in [1.165, 1.54) is 35.0 Å². The quantitative estimate of drug-likeness (QED) is 0.731. The van der Waals surface area contributed by atoms with Crippen LogP contribution in [0.4, 0.5) is 0 Å².